The molecule has 4 rings (SSSR count). The highest BCUT2D eigenvalue weighted by molar-refractivity contribution is 5.93. The summed E-state index contributed by atoms with van der Waals surface area (Å²) in [4.78, 5) is 15.1. The maximum absolute atomic E-state index is 13.4. The van der Waals surface area contributed by atoms with E-state index in [-0.39, 0.29) is 24.3 Å². The molecular weight excluding hydrogens is 381 g/mol. The summed E-state index contributed by atoms with van der Waals surface area (Å²) in [5.41, 5.74) is 3.93. The third-order valence-corrected chi connectivity index (χ3v) is 5.98. The number of hydrogen-bond donors (Lipinski definition) is 1. The van der Waals surface area contributed by atoms with Crippen molar-refractivity contribution in [1.82, 2.24) is 14.0 Å². The summed E-state index contributed by atoms with van der Waals surface area (Å²) >= 11 is 0. The van der Waals surface area contributed by atoms with Crippen molar-refractivity contribution < 1.29 is 9.18 Å². The number of halogens is 1. The number of anilines is 1. The van der Waals surface area contributed by atoms with Gasteiger partial charge in [-0.3, -0.25) is 14.3 Å². The highest BCUT2D eigenvalue weighted by Crippen LogP contribution is 2.30. The molecule has 0 radical (unpaired) electrons. The van der Waals surface area contributed by atoms with Crippen molar-refractivity contribution in [3.8, 4) is 11.8 Å². The molecule has 7 heteroatoms. The summed E-state index contributed by atoms with van der Waals surface area (Å²) in [6.45, 7) is 7.67. The molecule has 0 saturated carbocycles. The van der Waals surface area contributed by atoms with E-state index in [9.17, 15) is 14.4 Å². The van der Waals surface area contributed by atoms with E-state index < -0.39 is 0 Å². The molecule has 1 atom stereocenters. The molecule has 1 aromatic carbocycles. The zero-order valence-corrected chi connectivity index (χ0v) is 17.3. The van der Waals surface area contributed by atoms with E-state index in [0.717, 1.165) is 24.3 Å². The Morgan fingerprint density at radius 1 is 1.23 bits per heavy atom. The van der Waals surface area contributed by atoms with Gasteiger partial charge in [-0.2, -0.15) is 5.26 Å². The Labute approximate surface area is 175 Å². The van der Waals surface area contributed by atoms with Crippen molar-refractivity contribution in [3.63, 3.8) is 0 Å². The van der Waals surface area contributed by atoms with Gasteiger partial charge in [-0.1, -0.05) is 0 Å². The third kappa shape index (κ3) is 3.40. The number of benzene rings is 1. The number of hydrogen-bond acceptors (Lipinski definition) is 3. The fourth-order valence-corrected chi connectivity index (χ4v) is 4.17. The predicted octanol–water partition coefficient (Wildman–Crippen LogP) is 3.92. The molecule has 154 valence electrons. The molecular formula is C23H24FN5O. The Kier molecular flexibility index (Phi) is 5.18. The number of nitrogens with zero attached hydrogens (tertiary/aromatic N) is 4. The minimum absolute atomic E-state index is 0.127. The summed E-state index contributed by atoms with van der Waals surface area (Å²) in [6.07, 6.45) is 2.06. The Balaban J connectivity index is 1.61. The molecule has 1 aliphatic heterocycles. The molecule has 1 N–H and O–H groups in total. The second-order valence-electron chi connectivity index (χ2n) is 7.68. The lowest BCUT2D eigenvalue weighted by Crippen LogP contribution is -2.41. The van der Waals surface area contributed by atoms with Gasteiger partial charge in [-0.05, 0) is 62.7 Å². The van der Waals surface area contributed by atoms with Crippen LogP contribution in [0.5, 0.6) is 0 Å². The van der Waals surface area contributed by atoms with Gasteiger partial charge in [0, 0.05) is 42.4 Å². The van der Waals surface area contributed by atoms with Gasteiger partial charge in [-0.15, -0.1) is 0 Å². The van der Waals surface area contributed by atoms with E-state index in [1.807, 2.05) is 19.9 Å². The maximum atomic E-state index is 13.4. The van der Waals surface area contributed by atoms with Gasteiger partial charge in [0.2, 0.25) is 5.91 Å². The largest absolute Gasteiger partial charge is 0.349 e. The van der Waals surface area contributed by atoms with Gasteiger partial charge in [-0.25, -0.2) is 4.39 Å². The van der Waals surface area contributed by atoms with Crippen molar-refractivity contribution in [2.45, 2.75) is 33.4 Å². The number of carbonyl (C=O) groups excluding carboxylic acids is 1. The van der Waals surface area contributed by atoms with Gasteiger partial charge in [0.05, 0.1) is 12.1 Å². The fraction of sp³-hybridized carbons (Fsp3) is 0.304. The molecule has 0 aliphatic carbocycles. The third-order valence-electron chi connectivity index (χ3n) is 5.98. The zero-order chi connectivity index (χ0) is 21.4. The lowest BCUT2D eigenvalue weighted by molar-refractivity contribution is -0.118. The molecule has 3 heterocycles. The van der Waals surface area contributed by atoms with Crippen LogP contribution in [0.25, 0.3) is 5.69 Å². The van der Waals surface area contributed by atoms with Crippen LogP contribution in [-0.4, -0.2) is 33.0 Å². The molecule has 30 heavy (non-hydrogen) atoms. The first kappa shape index (κ1) is 19.9. The first-order valence-corrected chi connectivity index (χ1v) is 9.97. The molecule has 1 amide bonds. The van der Waals surface area contributed by atoms with E-state index in [2.05, 4.69) is 40.0 Å². The molecule has 0 unspecified atom stereocenters. The smallest absolute Gasteiger partial charge is 0.239 e. The number of nitriles is 1. The number of aromatic nitrogens is 2. The van der Waals surface area contributed by atoms with E-state index in [1.54, 1.807) is 16.7 Å². The number of amides is 1. The quantitative estimate of drug-likeness (QED) is 0.715. The molecule has 0 spiro atoms. The van der Waals surface area contributed by atoms with Crippen molar-refractivity contribution in [2.75, 3.05) is 18.4 Å². The van der Waals surface area contributed by atoms with Gasteiger partial charge < -0.3 is 9.88 Å². The van der Waals surface area contributed by atoms with Crippen molar-refractivity contribution >= 4 is 11.7 Å². The van der Waals surface area contributed by atoms with Crippen LogP contribution in [-0.2, 0) is 11.3 Å². The van der Waals surface area contributed by atoms with Crippen LogP contribution < -0.4 is 5.32 Å². The first-order valence-electron chi connectivity index (χ1n) is 9.97. The van der Waals surface area contributed by atoms with E-state index in [0.29, 0.717) is 17.1 Å². The molecule has 0 fully saturated rings. The van der Waals surface area contributed by atoms with Gasteiger partial charge >= 0.3 is 0 Å². The Bertz CT molecular complexity index is 1140. The van der Waals surface area contributed by atoms with Crippen LogP contribution >= 0.6 is 0 Å². The number of nitrogens with one attached hydrogen (secondary N) is 1. The van der Waals surface area contributed by atoms with E-state index in [4.69, 9.17) is 0 Å². The zero-order valence-electron chi connectivity index (χ0n) is 17.3. The average Bonchev–Trinajstić information content (AvgIpc) is 3.29. The van der Waals surface area contributed by atoms with Crippen molar-refractivity contribution in [2.24, 2.45) is 0 Å². The van der Waals surface area contributed by atoms with Crippen LogP contribution in [0.3, 0.4) is 0 Å². The molecule has 0 saturated heterocycles. The first-order chi connectivity index (χ1) is 14.4. The Hall–Kier alpha value is -3.37. The number of fused-ring (bicyclic) bond motifs is 1. The highest BCUT2D eigenvalue weighted by Gasteiger charge is 2.26. The average molecular weight is 405 g/mol. The summed E-state index contributed by atoms with van der Waals surface area (Å²) in [5, 5.41) is 12.7. The van der Waals surface area contributed by atoms with E-state index >= 15 is 0 Å². The molecule has 2 aromatic heterocycles. The lowest BCUT2D eigenvalue weighted by Gasteiger charge is -2.34. The summed E-state index contributed by atoms with van der Waals surface area (Å²) < 4.78 is 17.4. The molecule has 3 aromatic rings. The second-order valence-corrected chi connectivity index (χ2v) is 7.68. The van der Waals surface area contributed by atoms with Crippen LogP contribution in [0.2, 0.25) is 0 Å². The van der Waals surface area contributed by atoms with Crippen LogP contribution in [0.15, 0.2) is 42.6 Å². The summed E-state index contributed by atoms with van der Waals surface area (Å²) in [7, 11) is 0. The molecule has 0 bridgehead atoms. The van der Waals surface area contributed by atoms with Crippen molar-refractivity contribution in [3.05, 3.63) is 70.9 Å². The summed E-state index contributed by atoms with van der Waals surface area (Å²) in [5.74, 6) is -0.0911. The monoisotopic (exact) mass is 405 g/mol. The number of carbonyl (C=O) groups is 1. The van der Waals surface area contributed by atoms with Crippen LogP contribution in [0.1, 0.15) is 35.5 Å². The fourth-order valence-electron chi connectivity index (χ4n) is 4.17. The molecule has 1 aliphatic rings. The standard InChI is InChI=1S/C23H24FN5O/c1-15-16(2)29(19-8-6-18(24)7-9-19)23(20(15)13-25)26-22(30)14-28-12-11-27-10-4-5-21(27)17(28)3/h4-10,17H,11-12,14H2,1-3H3,(H,26,30)/t17-/m1/s1. The van der Waals surface area contributed by atoms with Crippen LogP contribution in [0, 0.1) is 31.0 Å². The van der Waals surface area contributed by atoms with Crippen LogP contribution in [0.4, 0.5) is 10.2 Å². The second kappa shape index (κ2) is 7.81. The van der Waals surface area contributed by atoms with Gasteiger partial charge in [0.15, 0.2) is 0 Å². The minimum Gasteiger partial charge on any atom is -0.349 e. The topological polar surface area (TPSA) is 66.0 Å². The Morgan fingerprint density at radius 3 is 2.67 bits per heavy atom. The predicted molar refractivity (Wildman–Crippen MR) is 113 cm³/mol. The molecule has 6 nitrogen and oxygen atoms in total. The van der Waals surface area contributed by atoms with Gasteiger partial charge in [0.1, 0.15) is 17.7 Å². The number of rotatable bonds is 4. The van der Waals surface area contributed by atoms with Gasteiger partial charge in [0.25, 0.3) is 0 Å². The maximum Gasteiger partial charge on any atom is 0.239 e. The Morgan fingerprint density at radius 2 is 1.97 bits per heavy atom. The SMILES string of the molecule is Cc1c(C#N)c(NC(=O)CN2CCn3cccc3[C@H]2C)n(-c2ccc(F)cc2)c1C. The van der Waals surface area contributed by atoms with Crippen molar-refractivity contribution in [1.29, 1.82) is 5.26 Å². The van der Waals surface area contributed by atoms with E-state index in [1.165, 1.54) is 17.8 Å². The minimum atomic E-state index is -0.338. The highest BCUT2D eigenvalue weighted by atomic mass is 19.1. The summed E-state index contributed by atoms with van der Waals surface area (Å²) in [6, 6.07) is 12.4. The lowest BCUT2D eigenvalue weighted by atomic mass is 10.1. The normalized spacial score (nSPS) is 16.2.